The molecule has 1 amide bonds. The number of hydrogen-bond donors (Lipinski definition) is 0. The van der Waals surface area contributed by atoms with E-state index >= 15 is 0 Å². The number of nitrogens with zero attached hydrogens (tertiary/aromatic N) is 6. The summed E-state index contributed by atoms with van der Waals surface area (Å²) in [5.74, 6) is 3.18. The molecule has 2 fully saturated rings. The predicted molar refractivity (Wildman–Crippen MR) is 104 cm³/mol. The Morgan fingerprint density at radius 1 is 0.926 bits per heavy atom. The Balaban J connectivity index is 1.48. The summed E-state index contributed by atoms with van der Waals surface area (Å²) >= 11 is 0. The Bertz CT molecular complexity index is 787. The van der Waals surface area contributed by atoms with Gasteiger partial charge in [0.2, 0.25) is 0 Å². The van der Waals surface area contributed by atoms with Gasteiger partial charge in [0, 0.05) is 38.4 Å². The van der Waals surface area contributed by atoms with E-state index in [9.17, 15) is 4.79 Å². The van der Waals surface area contributed by atoms with Gasteiger partial charge in [-0.05, 0) is 37.5 Å². The average molecular weight is 368 g/mol. The standard InChI is InChI=1S/C20H28N6O/c1-15-3-7-24(8-4-15)18-11-19(22-13-21-18)26-12-17(23-14-26)20(27)25-9-5-16(2)6-10-25/h11-16H,3-10H2,1-2H3. The van der Waals surface area contributed by atoms with Crippen molar-refractivity contribution in [2.45, 2.75) is 39.5 Å². The van der Waals surface area contributed by atoms with Crippen molar-refractivity contribution in [1.29, 1.82) is 0 Å². The topological polar surface area (TPSA) is 67.2 Å². The zero-order valence-electron chi connectivity index (χ0n) is 16.2. The van der Waals surface area contributed by atoms with Crippen molar-refractivity contribution in [3.05, 3.63) is 30.6 Å². The fourth-order valence-electron chi connectivity index (χ4n) is 3.82. The molecule has 4 heterocycles. The van der Waals surface area contributed by atoms with Crippen molar-refractivity contribution in [2.24, 2.45) is 11.8 Å². The van der Waals surface area contributed by atoms with Crippen molar-refractivity contribution in [3.8, 4) is 5.82 Å². The van der Waals surface area contributed by atoms with Gasteiger partial charge in [-0.25, -0.2) is 15.0 Å². The molecule has 2 aliphatic rings. The van der Waals surface area contributed by atoms with E-state index in [0.717, 1.165) is 56.6 Å². The van der Waals surface area contributed by atoms with Crippen LogP contribution in [0.3, 0.4) is 0 Å². The minimum absolute atomic E-state index is 0.0138. The third-order valence-corrected chi connectivity index (χ3v) is 5.88. The molecule has 0 atom stereocenters. The predicted octanol–water partition coefficient (Wildman–Crippen LogP) is 2.77. The van der Waals surface area contributed by atoms with Gasteiger partial charge in [-0.15, -0.1) is 0 Å². The second-order valence-electron chi connectivity index (χ2n) is 8.04. The Kier molecular flexibility index (Phi) is 5.09. The van der Waals surface area contributed by atoms with Gasteiger partial charge < -0.3 is 9.80 Å². The van der Waals surface area contributed by atoms with Gasteiger partial charge in [0.25, 0.3) is 5.91 Å². The number of carbonyl (C=O) groups is 1. The number of carbonyl (C=O) groups excluding carboxylic acids is 1. The minimum atomic E-state index is 0.0138. The van der Waals surface area contributed by atoms with Crippen LogP contribution in [0.2, 0.25) is 0 Å². The third-order valence-electron chi connectivity index (χ3n) is 5.88. The molecular formula is C20H28N6O. The van der Waals surface area contributed by atoms with Gasteiger partial charge in [-0.2, -0.15) is 0 Å². The molecule has 7 nitrogen and oxygen atoms in total. The number of imidazole rings is 1. The number of rotatable bonds is 3. The molecule has 2 aromatic rings. The lowest BCUT2D eigenvalue weighted by Crippen LogP contribution is -2.38. The molecule has 0 radical (unpaired) electrons. The second-order valence-corrected chi connectivity index (χ2v) is 8.04. The number of anilines is 1. The largest absolute Gasteiger partial charge is 0.356 e. The van der Waals surface area contributed by atoms with Gasteiger partial charge in [-0.3, -0.25) is 9.36 Å². The highest BCUT2D eigenvalue weighted by molar-refractivity contribution is 5.92. The molecule has 0 N–H and O–H groups in total. The lowest BCUT2D eigenvalue weighted by molar-refractivity contribution is 0.0692. The number of piperidine rings is 2. The Morgan fingerprint density at radius 2 is 1.56 bits per heavy atom. The maximum Gasteiger partial charge on any atom is 0.274 e. The van der Waals surface area contributed by atoms with Crippen LogP contribution in [0.5, 0.6) is 0 Å². The Hall–Kier alpha value is -2.44. The van der Waals surface area contributed by atoms with Crippen LogP contribution >= 0.6 is 0 Å². The van der Waals surface area contributed by atoms with E-state index in [0.29, 0.717) is 11.6 Å². The summed E-state index contributed by atoms with van der Waals surface area (Å²) < 4.78 is 1.82. The highest BCUT2D eigenvalue weighted by Gasteiger charge is 2.23. The molecular weight excluding hydrogens is 340 g/mol. The summed E-state index contributed by atoms with van der Waals surface area (Å²) in [5.41, 5.74) is 0.483. The first-order valence-corrected chi connectivity index (χ1v) is 10.0. The Morgan fingerprint density at radius 3 is 2.26 bits per heavy atom. The molecule has 2 aliphatic heterocycles. The van der Waals surface area contributed by atoms with E-state index in [4.69, 9.17) is 0 Å². The molecule has 0 bridgehead atoms. The maximum absolute atomic E-state index is 12.7. The van der Waals surface area contributed by atoms with Crippen LogP contribution in [0.15, 0.2) is 24.9 Å². The maximum atomic E-state index is 12.7. The van der Waals surface area contributed by atoms with Crippen LogP contribution in [-0.4, -0.2) is 56.5 Å². The minimum Gasteiger partial charge on any atom is -0.356 e. The van der Waals surface area contributed by atoms with Gasteiger partial charge in [0.05, 0.1) is 0 Å². The van der Waals surface area contributed by atoms with Crippen molar-refractivity contribution >= 4 is 11.7 Å². The van der Waals surface area contributed by atoms with E-state index in [1.807, 2.05) is 15.5 Å². The average Bonchev–Trinajstić information content (AvgIpc) is 3.19. The summed E-state index contributed by atoms with van der Waals surface area (Å²) in [6.45, 7) is 8.23. The summed E-state index contributed by atoms with van der Waals surface area (Å²) in [6, 6.07) is 1.98. The van der Waals surface area contributed by atoms with Crippen molar-refractivity contribution in [1.82, 2.24) is 24.4 Å². The molecule has 0 saturated carbocycles. The number of amides is 1. The van der Waals surface area contributed by atoms with Crippen molar-refractivity contribution < 1.29 is 4.79 Å². The molecule has 0 spiro atoms. The van der Waals surface area contributed by atoms with Gasteiger partial charge in [0.15, 0.2) is 0 Å². The highest BCUT2D eigenvalue weighted by Crippen LogP contribution is 2.22. The molecule has 27 heavy (non-hydrogen) atoms. The summed E-state index contributed by atoms with van der Waals surface area (Å²) in [6.07, 6.45) is 9.56. The monoisotopic (exact) mass is 368 g/mol. The van der Waals surface area contributed by atoms with E-state index in [1.54, 1.807) is 18.9 Å². The van der Waals surface area contributed by atoms with Gasteiger partial charge in [-0.1, -0.05) is 13.8 Å². The first-order chi connectivity index (χ1) is 13.1. The van der Waals surface area contributed by atoms with E-state index < -0.39 is 0 Å². The lowest BCUT2D eigenvalue weighted by Gasteiger charge is -2.31. The summed E-state index contributed by atoms with van der Waals surface area (Å²) in [4.78, 5) is 30.1. The molecule has 2 aromatic heterocycles. The van der Waals surface area contributed by atoms with Crippen LogP contribution in [-0.2, 0) is 0 Å². The van der Waals surface area contributed by atoms with Gasteiger partial charge in [0.1, 0.15) is 30.0 Å². The number of hydrogen-bond acceptors (Lipinski definition) is 5. The first-order valence-electron chi connectivity index (χ1n) is 10.0. The second kappa shape index (κ2) is 7.66. The van der Waals surface area contributed by atoms with Crippen molar-refractivity contribution in [3.63, 3.8) is 0 Å². The fraction of sp³-hybridized carbons (Fsp3) is 0.600. The fourth-order valence-corrected chi connectivity index (χ4v) is 3.82. The van der Waals surface area contributed by atoms with Crippen LogP contribution < -0.4 is 4.90 Å². The van der Waals surface area contributed by atoms with Gasteiger partial charge >= 0.3 is 0 Å². The molecule has 4 rings (SSSR count). The molecule has 2 saturated heterocycles. The first kappa shape index (κ1) is 17.9. The van der Waals surface area contributed by atoms with E-state index in [1.165, 1.54) is 12.8 Å². The summed E-state index contributed by atoms with van der Waals surface area (Å²) in [7, 11) is 0. The lowest BCUT2D eigenvalue weighted by atomic mass is 9.99. The van der Waals surface area contributed by atoms with Crippen LogP contribution in [0.1, 0.15) is 50.0 Å². The number of aromatic nitrogens is 4. The number of likely N-dealkylation sites (tertiary alicyclic amines) is 1. The highest BCUT2D eigenvalue weighted by atomic mass is 16.2. The Labute approximate surface area is 160 Å². The molecule has 144 valence electrons. The molecule has 0 aromatic carbocycles. The van der Waals surface area contributed by atoms with E-state index in [2.05, 4.69) is 33.7 Å². The molecule has 0 aliphatic carbocycles. The van der Waals surface area contributed by atoms with Crippen LogP contribution in [0.25, 0.3) is 5.82 Å². The quantitative estimate of drug-likeness (QED) is 0.833. The van der Waals surface area contributed by atoms with Crippen LogP contribution in [0, 0.1) is 11.8 Å². The summed E-state index contributed by atoms with van der Waals surface area (Å²) in [5, 5.41) is 0. The normalized spacial score (nSPS) is 19.5. The smallest absolute Gasteiger partial charge is 0.274 e. The SMILES string of the molecule is CC1CCN(C(=O)c2cn(-c3cc(N4CCC(C)CC4)ncn3)cn2)CC1. The molecule has 7 heteroatoms. The van der Waals surface area contributed by atoms with E-state index in [-0.39, 0.29) is 5.91 Å². The molecule has 0 unspecified atom stereocenters. The third kappa shape index (κ3) is 3.96. The van der Waals surface area contributed by atoms with Crippen LogP contribution in [0.4, 0.5) is 5.82 Å². The zero-order chi connectivity index (χ0) is 18.8. The zero-order valence-corrected chi connectivity index (χ0v) is 16.2. The van der Waals surface area contributed by atoms with Crippen molar-refractivity contribution in [2.75, 3.05) is 31.1 Å².